The van der Waals surface area contributed by atoms with Crippen LogP contribution in [-0.2, 0) is 26.2 Å². The van der Waals surface area contributed by atoms with E-state index < -0.39 is 8.07 Å². The van der Waals surface area contributed by atoms with Crippen LogP contribution in [0.3, 0.4) is 0 Å². The Morgan fingerprint density at radius 3 is 1.16 bits per heavy atom. The summed E-state index contributed by atoms with van der Waals surface area (Å²) in [6.45, 7) is 13.8. The van der Waals surface area contributed by atoms with E-state index in [0.29, 0.717) is 11.8 Å². The molecule has 0 nitrogen and oxygen atoms in total. The van der Waals surface area contributed by atoms with Gasteiger partial charge in [0.1, 0.15) is 0 Å². The van der Waals surface area contributed by atoms with E-state index in [1.54, 1.807) is 10.4 Å². The molecule has 32 heavy (non-hydrogen) atoms. The van der Waals surface area contributed by atoms with Crippen LogP contribution in [0.4, 0.5) is 0 Å². The summed E-state index contributed by atoms with van der Waals surface area (Å²) in [7, 11) is -2.46. The summed E-state index contributed by atoms with van der Waals surface area (Å²) < 4.78 is 0. The van der Waals surface area contributed by atoms with Gasteiger partial charge < -0.3 is 24.8 Å². The van der Waals surface area contributed by atoms with Gasteiger partial charge in [-0.2, -0.15) is 21.5 Å². The molecule has 0 aromatic heterocycles. The van der Waals surface area contributed by atoms with Crippen molar-refractivity contribution in [2.45, 2.75) is 41.5 Å². The summed E-state index contributed by atoms with van der Waals surface area (Å²) in [6, 6.07) is 22.5. The molecule has 2 aliphatic carbocycles. The molecule has 2 aromatic rings. The maximum Gasteiger partial charge on any atom is 4.00 e. The van der Waals surface area contributed by atoms with Gasteiger partial charge in [-0.3, -0.25) is 12.2 Å². The van der Waals surface area contributed by atoms with Crippen LogP contribution < -0.4 is 35.2 Å². The van der Waals surface area contributed by atoms with Crippen molar-refractivity contribution in [3.05, 3.63) is 106 Å². The Kier molecular flexibility index (Phi) is 10.4. The minimum atomic E-state index is -2.46. The zero-order valence-electron chi connectivity index (χ0n) is 19.7. The Morgan fingerprint density at radius 2 is 0.906 bits per heavy atom. The molecule has 0 saturated heterocycles. The summed E-state index contributed by atoms with van der Waals surface area (Å²) in [4.78, 5) is 0. The first-order valence-electron chi connectivity index (χ1n) is 10.6. The number of hydrogen-bond acceptors (Lipinski definition) is 0. The van der Waals surface area contributed by atoms with Gasteiger partial charge in [0.25, 0.3) is 0 Å². The molecule has 164 valence electrons. The summed E-state index contributed by atoms with van der Waals surface area (Å²) in [6.07, 6.45) is 7.50. The molecular weight excluding hydrogens is 527 g/mol. The van der Waals surface area contributed by atoms with Gasteiger partial charge in [-0.05, 0) is 0 Å². The van der Waals surface area contributed by atoms with Gasteiger partial charge in [0, 0.05) is 8.07 Å². The van der Waals surface area contributed by atoms with E-state index in [4.69, 9.17) is 0 Å². The molecule has 2 aliphatic rings. The maximum atomic E-state index is 3.75. The molecule has 4 heteroatoms. The van der Waals surface area contributed by atoms with Crippen LogP contribution in [0, 0.1) is 24.0 Å². The zero-order valence-corrected chi connectivity index (χ0v) is 24.7. The number of rotatable bonds is 4. The van der Waals surface area contributed by atoms with Gasteiger partial charge in [0.05, 0.1) is 0 Å². The fraction of sp³-hybridized carbons (Fsp3) is 0.286. The minimum Gasteiger partial charge on any atom is -1.00 e. The van der Waals surface area contributed by atoms with Crippen molar-refractivity contribution in [1.82, 2.24) is 0 Å². The topological polar surface area (TPSA) is 0 Å². The van der Waals surface area contributed by atoms with Crippen molar-refractivity contribution in [3.8, 4) is 0 Å². The van der Waals surface area contributed by atoms with Crippen LogP contribution in [-0.4, -0.2) is 8.07 Å². The molecule has 2 unspecified atom stereocenters. The Bertz CT molecular complexity index is 978. The second-order valence-corrected chi connectivity index (χ2v) is 12.2. The van der Waals surface area contributed by atoms with Crippen LogP contribution in [0.15, 0.2) is 93.3 Å². The van der Waals surface area contributed by atoms with Crippen molar-refractivity contribution >= 4 is 18.4 Å². The summed E-state index contributed by atoms with van der Waals surface area (Å²) >= 11 is 0. The van der Waals surface area contributed by atoms with Gasteiger partial charge in [0.15, 0.2) is 0 Å². The fourth-order valence-corrected chi connectivity index (χ4v) is 11.4. The number of hydrogen-bond donors (Lipinski definition) is 0. The Balaban J connectivity index is 0.00000171. The molecule has 0 radical (unpaired) electrons. The average Bonchev–Trinajstić information content (AvgIpc) is 3.13. The molecule has 0 fully saturated rings. The second-order valence-electron chi connectivity index (χ2n) is 8.58. The molecule has 0 N–H and O–H groups in total. The van der Waals surface area contributed by atoms with Crippen LogP contribution in [0.5, 0.6) is 0 Å². The van der Waals surface area contributed by atoms with Crippen LogP contribution in [0.1, 0.15) is 41.5 Å². The molecule has 0 bridgehead atoms. The second kappa shape index (κ2) is 11.5. The summed E-state index contributed by atoms with van der Waals surface area (Å²) in [5.41, 5.74) is 5.63. The first-order valence-corrected chi connectivity index (χ1v) is 12.6. The van der Waals surface area contributed by atoms with Gasteiger partial charge in [0.2, 0.25) is 0 Å². The van der Waals surface area contributed by atoms with Crippen LogP contribution in [0.2, 0.25) is 0 Å². The van der Waals surface area contributed by atoms with Crippen LogP contribution in [0.25, 0.3) is 0 Å². The van der Waals surface area contributed by atoms with E-state index in [9.17, 15) is 0 Å². The molecular formula is C28H30Cl2SiZr. The number of benzene rings is 2. The van der Waals surface area contributed by atoms with Crippen molar-refractivity contribution in [2.75, 3.05) is 0 Å². The number of allylic oxidation sites excluding steroid dienone is 8. The van der Waals surface area contributed by atoms with Gasteiger partial charge in [-0.15, -0.1) is 0 Å². The Hall–Kier alpha value is -0.920. The average molecular weight is 557 g/mol. The maximum absolute atomic E-state index is 3.75. The predicted octanol–water partition coefficient (Wildman–Crippen LogP) is -0.235. The normalized spacial score (nSPS) is 20.2. The smallest absolute Gasteiger partial charge is 1.00 e. The summed E-state index contributed by atoms with van der Waals surface area (Å²) in [5, 5.41) is 6.01. The van der Waals surface area contributed by atoms with Crippen molar-refractivity contribution in [3.63, 3.8) is 0 Å². The van der Waals surface area contributed by atoms with E-state index in [-0.39, 0.29) is 51.0 Å². The minimum absolute atomic E-state index is 0. The third kappa shape index (κ3) is 4.54. The molecule has 2 aromatic carbocycles. The Labute approximate surface area is 226 Å². The van der Waals surface area contributed by atoms with E-state index in [0.717, 1.165) is 0 Å². The van der Waals surface area contributed by atoms with Gasteiger partial charge in [-0.1, -0.05) is 124 Å². The van der Waals surface area contributed by atoms with Crippen molar-refractivity contribution < 1.29 is 51.0 Å². The van der Waals surface area contributed by atoms with E-state index in [2.05, 4.69) is 114 Å². The Morgan fingerprint density at radius 1 is 0.594 bits per heavy atom. The van der Waals surface area contributed by atoms with Crippen LogP contribution >= 0.6 is 0 Å². The largest absolute Gasteiger partial charge is 4.00 e. The van der Waals surface area contributed by atoms with Crippen molar-refractivity contribution in [1.29, 1.82) is 0 Å². The molecule has 0 aliphatic heterocycles. The van der Waals surface area contributed by atoms with Crippen molar-refractivity contribution in [2.24, 2.45) is 11.8 Å². The molecule has 0 amide bonds. The predicted molar refractivity (Wildman–Crippen MR) is 126 cm³/mol. The molecule has 0 spiro atoms. The number of halogens is 2. The molecule has 0 saturated carbocycles. The third-order valence-electron chi connectivity index (χ3n) is 6.87. The quantitative estimate of drug-likeness (QED) is 0.361. The molecule has 2 atom stereocenters. The molecule has 4 rings (SSSR count). The zero-order chi connectivity index (χ0) is 20.8. The molecule has 0 heterocycles. The fourth-order valence-electron chi connectivity index (χ4n) is 5.43. The first-order chi connectivity index (χ1) is 13.9. The third-order valence-corrected chi connectivity index (χ3v) is 12.3. The van der Waals surface area contributed by atoms with Gasteiger partial charge >= 0.3 is 26.2 Å². The monoisotopic (exact) mass is 554 g/mol. The first kappa shape index (κ1) is 29.1. The standard InChI is InChI=1S/C28H30Si.2ClH.Zr/c1-19-17-21(3)27(23(19)5)29(25-13-9-7-10-14-25,26-15-11-8-12-16-26)28-22(4)18-20(2)24(28)6;;;/h7-16,19-20H,1-6H3;2*1H;/q-2;;;+4/p-2. The SMILES string of the molecule is CC1=[C-]C(C)C(C)=C1[Si](C1=C(C)C(C)[C-]=C1C)(c1ccccc1)c1ccccc1.[Cl-].[Cl-].[Zr+4]. The van der Waals surface area contributed by atoms with E-state index >= 15 is 0 Å². The van der Waals surface area contributed by atoms with Gasteiger partial charge in [-0.25, -0.2) is 11.1 Å². The van der Waals surface area contributed by atoms with E-state index in [1.165, 1.54) is 32.7 Å². The van der Waals surface area contributed by atoms with E-state index in [1.807, 2.05) is 0 Å². The summed E-state index contributed by atoms with van der Waals surface area (Å²) in [5.74, 6) is 0.745.